The van der Waals surface area contributed by atoms with E-state index < -0.39 is 0 Å². The fourth-order valence-electron chi connectivity index (χ4n) is 3.43. The summed E-state index contributed by atoms with van der Waals surface area (Å²) in [5, 5.41) is 0. The lowest BCUT2D eigenvalue weighted by molar-refractivity contribution is -0.137. The minimum Gasteiger partial charge on any atom is -0.383 e. The lowest BCUT2D eigenvalue weighted by Gasteiger charge is -2.25. The van der Waals surface area contributed by atoms with Crippen LogP contribution in [0, 0.1) is 13.8 Å². The summed E-state index contributed by atoms with van der Waals surface area (Å²) in [6.07, 6.45) is 0. The van der Waals surface area contributed by atoms with Gasteiger partial charge in [-0.25, -0.2) is 0 Å². The van der Waals surface area contributed by atoms with Gasteiger partial charge in [0, 0.05) is 19.3 Å². The number of anilines is 1. The molecule has 0 spiro atoms. The number of hydrogen-bond acceptors (Lipinski definition) is 4. The van der Waals surface area contributed by atoms with Crippen molar-refractivity contribution in [1.82, 2.24) is 4.90 Å². The monoisotopic (exact) mass is 378 g/mol. The Morgan fingerprint density at radius 1 is 0.964 bits per heavy atom. The molecular formula is C23H26N2O3. The van der Waals surface area contributed by atoms with Crippen molar-refractivity contribution in [3.05, 3.63) is 70.9 Å². The van der Waals surface area contributed by atoms with Gasteiger partial charge in [0.15, 0.2) is 0 Å². The molecule has 0 saturated heterocycles. The highest BCUT2D eigenvalue weighted by molar-refractivity contribution is 6.36. The maximum Gasteiger partial charge on any atom is 0.278 e. The van der Waals surface area contributed by atoms with E-state index in [1.165, 1.54) is 4.90 Å². The van der Waals surface area contributed by atoms with Crippen LogP contribution in [-0.2, 0) is 14.3 Å². The van der Waals surface area contributed by atoms with Gasteiger partial charge in [-0.15, -0.1) is 0 Å². The Hall–Kier alpha value is -2.92. The minimum atomic E-state index is -0.277. The average Bonchev–Trinajstić information content (AvgIpc) is 2.94. The third-order valence-electron chi connectivity index (χ3n) is 5.11. The molecule has 146 valence electrons. The molecular weight excluding hydrogens is 352 g/mol. The van der Waals surface area contributed by atoms with Gasteiger partial charge in [0.05, 0.1) is 18.7 Å². The number of para-hydroxylation sites is 1. The summed E-state index contributed by atoms with van der Waals surface area (Å²) < 4.78 is 5.10. The number of imide groups is 1. The van der Waals surface area contributed by atoms with E-state index in [4.69, 9.17) is 4.74 Å². The van der Waals surface area contributed by atoms with E-state index in [1.54, 1.807) is 7.11 Å². The van der Waals surface area contributed by atoms with E-state index in [-0.39, 0.29) is 18.4 Å². The molecule has 28 heavy (non-hydrogen) atoms. The molecule has 0 radical (unpaired) electrons. The first-order valence-corrected chi connectivity index (χ1v) is 9.49. The van der Waals surface area contributed by atoms with E-state index in [1.807, 2.05) is 74.2 Å². The predicted octanol–water partition coefficient (Wildman–Crippen LogP) is 3.56. The number of hydrogen-bond donors (Lipinski definition) is 0. The van der Waals surface area contributed by atoms with Gasteiger partial charge in [0.25, 0.3) is 11.8 Å². The molecule has 0 atom stereocenters. The standard InChI is InChI=1S/C23H26N2O3/c1-5-24(19-9-7-6-8-10-19)21-20(18-12-11-16(2)17(3)15-18)22(26)25(23(21)27)13-14-28-4/h6-12,15H,5,13-14H2,1-4H3. The number of likely N-dealkylation sites (N-methyl/N-ethyl adjacent to an activating group) is 1. The van der Waals surface area contributed by atoms with Crippen molar-refractivity contribution in [2.24, 2.45) is 0 Å². The number of benzene rings is 2. The van der Waals surface area contributed by atoms with Gasteiger partial charge in [-0.05, 0) is 49.6 Å². The summed E-state index contributed by atoms with van der Waals surface area (Å²) in [5.41, 5.74) is 4.77. The zero-order chi connectivity index (χ0) is 20.3. The van der Waals surface area contributed by atoms with Crippen LogP contribution in [0.1, 0.15) is 23.6 Å². The lowest BCUT2D eigenvalue weighted by atomic mass is 9.99. The fraction of sp³-hybridized carbons (Fsp3) is 0.304. The normalized spacial score (nSPS) is 14.2. The highest BCUT2D eigenvalue weighted by atomic mass is 16.5. The van der Waals surface area contributed by atoms with Crippen LogP contribution in [0.15, 0.2) is 54.2 Å². The minimum absolute atomic E-state index is 0.234. The third-order valence-corrected chi connectivity index (χ3v) is 5.11. The van der Waals surface area contributed by atoms with Gasteiger partial charge < -0.3 is 9.64 Å². The Labute approximate surface area is 166 Å². The molecule has 2 amide bonds. The van der Waals surface area contributed by atoms with Crippen LogP contribution in [-0.4, -0.2) is 43.5 Å². The quantitative estimate of drug-likeness (QED) is 0.692. The second kappa shape index (κ2) is 8.40. The first kappa shape index (κ1) is 19.8. The summed E-state index contributed by atoms with van der Waals surface area (Å²) in [6, 6.07) is 15.6. The Morgan fingerprint density at radius 2 is 1.68 bits per heavy atom. The van der Waals surface area contributed by atoms with Crippen molar-refractivity contribution in [3.8, 4) is 0 Å². The van der Waals surface area contributed by atoms with Crippen LogP contribution in [0.3, 0.4) is 0 Å². The number of methoxy groups -OCH3 is 1. The molecule has 1 aliphatic rings. The van der Waals surface area contributed by atoms with Gasteiger partial charge in [-0.1, -0.05) is 36.4 Å². The maximum absolute atomic E-state index is 13.3. The molecule has 5 nitrogen and oxygen atoms in total. The van der Waals surface area contributed by atoms with Gasteiger partial charge in [-0.2, -0.15) is 0 Å². The fourth-order valence-corrected chi connectivity index (χ4v) is 3.43. The van der Waals surface area contributed by atoms with E-state index in [0.717, 1.165) is 22.4 Å². The zero-order valence-electron chi connectivity index (χ0n) is 16.9. The van der Waals surface area contributed by atoms with E-state index >= 15 is 0 Å². The number of carbonyl (C=O) groups excluding carboxylic acids is 2. The summed E-state index contributed by atoms with van der Waals surface area (Å²) in [7, 11) is 1.56. The molecule has 3 rings (SSSR count). The molecule has 0 unspecified atom stereocenters. The Morgan fingerprint density at radius 3 is 2.29 bits per heavy atom. The van der Waals surface area contributed by atoms with Gasteiger partial charge >= 0.3 is 0 Å². The third kappa shape index (κ3) is 3.58. The van der Waals surface area contributed by atoms with Crippen molar-refractivity contribution >= 4 is 23.1 Å². The SMILES string of the molecule is CCN(C1=C(c2ccc(C)c(C)c2)C(=O)N(CCOC)C1=O)c1ccccc1. The van der Waals surface area contributed by atoms with Gasteiger partial charge in [0.2, 0.25) is 0 Å². The first-order chi connectivity index (χ1) is 13.5. The second-order valence-electron chi connectivity index (χ2n) is 6.86. The van der Waals surface area contributed by atoms with Crippen LogP contribution in [0.4, 0.5) is 5.69 Å². The summed E-state index contributed by atoms with van der Waals surface area (Å²) in [6.45, 7) is 7.14. The molecule has 1 heterocycles. The molecule has 0 N–H and O–H groups in total. The summed E-state index contributed by atoms with van der Waals surface area (Å²) in [4.78, 5) is 29.7. The topological polar surface area (TPSA) is 49.9 Å². The van der Waals surface area contributed by atoms with Gasteiger partial charge in [-0.3, -0.25) is 14.5 Å². The van der Waals surface area contributed by atoms with Crippen LogP contribution in [0.5, 0.6) is 0 Å². The van der Waals surface area contributed by atoms with Crippen LogP contribution < -0.4 is 4.90 Å². The molecule has 0 aliphatic carbocycles. The van der Waals surface area contributed by atoms with Crippen molar-refractivity contribution < 1.29 is 14.3 Å². The van der Waals surface area contributed by atoms with Gasteiger partial charge in [0.1, 0.15) is 5.70 Å². The zero-order valence-corrected chi connectivity index (χ0v) is 16.9. The maximum atomic E-state index is 13.3. The van der Waals surface area contributed by atoms with Crippen LogP contribution >= 0.6 is 0 Å². The first-order valence-electron chi connectivity index (χ1n) is 9.49. The predicted molar refractivity (Wildman–Crippen MR) is 111 cm³/mol. The Balaban J connectivity index is 2.17. The largest absolute Gasteiger partial charge is 0.383 e. The number of amides is 2. The summed E-state index contributed by atoms with van der Waals surface area (Å²) in [5.74, 6) is -0.546. The molecule has 2 aromatic carbocycles. The molecule has 0 bridgehead atoms. The van der Waals surface area contributed by atoms with Crippen LogP contribution in [0.25, 0.3) is 5.57 Å². The number of rotatable bonds is 7. The molecule has 0 fully saturated rings. The molecule has 5 heteroatoms. The van der Waals surface area contributed by atoms with Crippen molar-refractivity contribution in [1.29, 1.82) is 0 Å². The smallest absolute Gasteiger partial charge is 0.278 e. The molecule has 0 aromatic heterocycles. The number of carbonyl (C=O) groups is 2. The second-order valence-corrected chi connectivity index (χ2v) is 6.86. The molecule has 2 aromatic rings. The number of aryl methyl sites for hydroxylation is 2. The van der Waals surface area contributed by atoms with Crippen molar-refractivity contribution in [3.63, 3.8) is 0 Å². The van der Waals surface area contributed by atoms with E-state index in [0.29, 0.717) is 24.4 Å². The van der Waals surface area contributed by atoms with Crippen molar-refractivity contribution in [2.45, 2.75) is 20.8 Å². The molecule has 0 saturated carbocycles. The summed E-state index contributed by atoms with van der Waals surface area (Å²) >= 11 is 0. The average molecular weight is 378 g/mol. The Kier molecular flexibility index (Phi) is 5.95. The van der Waals surface area contributed by atoms with E-state index in [2.05, 4.69) is 0 Å². The lowest BCUT2D eigenvalue weighted by Crippen LogP contribution is -2.37. The highest BCUT2D eigenvalue weighted by Crippen LogP contribution is 2.34. The van der Waals surface area contributed by atoms with Crippen LogP contribution in [0.2, 0.25) is 0 Å². The number of nitrogens with zero attached hydrogens (tertiary/aromatic N) is 2. The van der Waals surface area contributed by atoms with Crippen molar-refractivity contribution in [2.75, 3.05) is 31.7 Å². The highest BCUT2D eigenvalue weighted by Gasteiger charge is 2.41. The number of ether oxygens (including phenoxy) is 1. The molecule has 1 aliphatic heterocycles. The van der Waals surface area contributed by atoms with E-state index in [9.17, 15) is 9.59 Å². The Bertz CT molecular complexity index is 919.